The number of nitrogens with zero attached hydrogens (tertiary/aromatic N) is 3. The number of aromatic nitrogens is 1. The molecule has 3 rings (SSSR count). The first-order valence-electron chi connectivity index (χ1n) is 10.2. The lowest BCUT2D eigenvalue weighted by Gasteiger charge is -2.40. The minimum Gasteiger partial charge on any atom is -0.462 e. The van der Waals surface area contributed by atoms with Gasteiger partial charge in [-0.2, -0.15) is 5.26 Å². The van der Waals surface area contributed by atoms with Crippen molar-refractivity contribution in [2.75, 3.05) is 24.6 Å². The van der Waals surface area contributed by atoms with Gasteiger partial charge in [0, 0.05) is 25.4 Å². The van der Waals surface area contributed by atoms with E-state index in [1.54, 1.807) is 18.7 Å². The number of nitriles is 1. The van der Waals surface area contributed by atoms with E-state index in [4.69, 9.17) is 4.74 Å². The summed E-state index contributed by atoms with van der Waals surface area (Å²) in [4.78, 5) is 30.4. The van der Waals surface area contributed by atoms with E-state index < -0.39 is 33.5 Å². The summed E-state index contributed by atoms with van der Waals surface area (Å²) in [6.45, 7) is 4.35. The SMILES string of the molecule is CCOC(=O)c1cc(C#N)c(N2CC(CC(=O)NS(=O)(=O)Cc3ccc(F)cc3)C2)nc1C. The van der Waals surface area contributed by atoms with Crippen LogP contribution in [0.5, 0.6) is 0 Å². The van der Waals surface area contributed by atoms with E-state index in [1.165, 1.54) is 18.2 Å². The molecule has 1 aliphatic heterocycles. The lowest BCUT2D eigenvalue weighted by Crippen LogP contribution is -2.49. The zero-order valence-electron chi connectivity index (χ0n) is 18.2. The molecule has 11 heteroatoms. The van der Waals surface area contributed by atoms with Crippen molar-refractivity contribution < 1.29 is 27.1 Å². The second-order valence-electron chi connectivity index (χ2n) is 7.71. The summed E-state index contributed by atoms with van der Waals surface area (Å²) in [5, 5.41) is 9.47. The Bertz CT molecular complexity index is 1200. The Morgan fingerprint density at radius 2 is 1.97 bits per heavy atom. The van der Waals surface area contributed by atoms with E-state index >= 15 is 0 Å². The molecular weight excluding hydrogens is 451 g/mol. The molecule has 0 unspecified atom stereocenters. The first-order chi connectivity index (χ1) is 15.6. The van der Waals surface area contributed by atoms with Crippen molar-refractivity contribution >= 4 is 27.7 Å². The number of nitrogens with one attached hydrogen (secondary N) is 1. The maximum absolute atomic E-state index is 13.0. The van der Waals surface area contributed by atoms with Crippen molar-refractivity contribution in [2.24, 2.45) is 5.92 Å². The monoisotopic (exact) mass is 474 g/mol. The normalized spacial score (nSPS) is 13.7. The maximum atomic E-state index is 13.0. The average molecular weight is 475 g/mol. The van der Waals surface area contributed by atoms with Crippen molar-refractivity contribution in [3.05, 3.63) is 58.5 Å². The zero-order chi connectivity index (χ0) is 24.2. The molecule has 1 saturated heterocycles. The number of halogens is 1. The van der Waals surface area contributed by atoms with Crippen LogP contribution in [0.4, 0.5) is 10.2 Å². The van der Waals surface area contributed by atoms with E-state index in [-0.39, 0.29) is 30.1 Å². The van der Waals surface area contributed by atoms with E-state index in [9.17, 15) is 27.7 Å². The van der Waals surface area contributed by atoms with Gasteiger partial charge >= 0.3 is 5.97 Å². The van der Waals surface area contributed by atoms with Gasteiger partial charge in [-0.15, -0.1) is 0 Å². The standard InChI is InChI=1S/C22H23FN4O5S/c1-3-32-22(29)19-9-17(10-24)21(25-14(19)2)27-11-16(12-27)8-20(28)26-33(30,31)13-15-4-6-18(23)7-5-15/h4-7,9,16H,3,8,11-13H2,1-2H3,(H,26,28). The number of hydrogen-bond donors (Lipinski definition) is 1. The number of anilines is 1. The molecule has 174 valence electrons. The highest BCUT2D eigenvalue weighted by atomic mass is 32.2. The van der Waals surface area contributed by atoms with Gasteiger partial charge in [0.25, 0.3) is 0 Å². The minimum absolute atomic E-state index is 0.0130. The molecule has 1 aliphatic rings. The zero-order valence-corrected chi connectivity index (χ0v) is 19.0. The number of carbonyl (C=O) groups excluding carboxylic acids is 2. The Hall–Kier alpha value is -3.52. The van der Waals surface area contributed by atoms with Crippen LogP contribution in [0.1, 0.15) is 40.5 Å². The number of sulfonamides is 1. The molecule has 0 atom stereocenters. The predicted octanol–water partition coefficient (Wildman–Crippen LogP) is 2.05. The predicted molar refractivity (Wildman–Crippen MR) is 117 cm³/mol. The summed E-state index contributed by atoms with van der Waals surface area (Å²) >= 11 is 0. The van der Waals surface area contributed by atoms with Crippen LogP contribution in [0.3, 0.4) is 0 Å². The molecule has 0 aliphatic carbocycles. The molecular formula is C22H23FN4O5S. The molecule has 1 aromatic heterocycles. The second-order valence-corrected chi connectivity index (χ2v) is 9.43. The number of rotatable bonds is 8. The van der Waals surface area contributed by atoms with Gasteiger partial charge in [0.2, 0.25) is 15.9 Å². The maximum Gasteiger partial charge on any atom is 0.340 e. The van der Waals surface area contributed by atoms with Crippen LogP contribution >= 0.6 is 0 Å². The molecule has 1 amide bonds. The van der Waals surface area contributed by atoms with Crippen LogP contribution in [-0.2, 0) is 25.3 Å². The fraction of sp³-hybridized carbons (Fsp3) is 0.364. The van der Waals surface area contributed by atoms with Gasteiger partial charge in [-0.3, -0.25) is 9.52 Å². The highest BCUT2D eigenvalue weighted by molar-refractivity contribution is 7.89. The van der Waals surface area contributed by atoms with Gasteiger partial charge in [-0.05, 0) is 37.6 Å². The third kappa shape index (κ3) is 6.04. The Morgan fingerprint density at radius 1 is 1.30 bits per heavy atom. The summed E-state index contributed by atoms with van der Waals surface area (Å²) in [6.07, 6.45) is -0.0130. The van der Waals surface area contributed by atoms with E-state index in [0.29, 0.717) is 30.2 Å². The van der Waals surface area contributed by atoms with Gasteiger partial charge in [0.05, 0.1) is 29.2 Å². The Labute approximate surface area is 191 Å². The highest BCUT2D eigenvalue weighted by Gasteiger charge is 2.32. The van der Waals surface area contributed by atoms with E-state index in [0.717, 1.165) is 12.1 Å². The van der Waals surface area contributed by atoms with Crippen molar-refractivity contribution in [2.45, 2.75) is 26.0 Å². The lowest BCUT2D eigenvalue weighted by atomic mass is 9.95. The second kappa shape index (κ2) is 9.95. The molecule has 0 spiro atoms. The molecule has 33 heavy (non-hydrogen) atoms. The third-order valence-corrected chi connectivity index (χ3v) is 6.33. The van der Waals surface area contributed by atoms with E-state index in [2.05, 4.69) is 4.98 Å². The number of aryl methyl sites for hydroxylation is 1. The van der Waals surface area contributed by atoms with Crippen LogP contribution in [0.15, 0.2) is 30.3 Å². The topological polar surface area (TPSA) is 129 Å². The summed E-state index contributed by atoms with van der Waals surface area (Å²) in [7, 11) is -3.91. The molecule has 1 fully saturated rings. The van der Waals surface area contributed by atoms with Gasteiger partial charge in [0.15, 0.2) is 0 Å². The summed E-state index contributed by atoms with van der Waals surface area (Å²) < 4.78 is 44.4. The van der Waals surface area contributed by atoms with Crippen LogP contribution in [-0.4, -0.2) is 45.0 Å². The van der Waals surface area contributed by atoms with Crippen molar-refractivity contribution in [3.63, 3.8) is 0 Å². The molecule has 2 aromatic rings. The summed E-state index contributed by atoms with van der Waals surface area (Å²) in [5.41, 5.74) is 1.23. The lowest BCUT2D eigenvalue weighted by molar-refractivity contribution is -0.120. The average Bonchev–Trinajstić information content (AvgIpc) is 2.71. The van der Waals surface area contributed by atoms with Crippen LogP contribution in [0.2, 0.25) is 0 Å². The third-order valence-electron chi connectivity index (χ3n) is 5.08. The van der Waals surface area contributed by atoms with E-state index in [1.807, 2.05) is 10.8 Å². The number of ether oxygens (including phenoxy) is 1. The Kier molecular flexibility index (Phi) is 7.28. The van der Waals surface area contributed by atoms with Crippen molar-refractivity contribution in [1.29, 1.82) is 5.26 Å². The fourth-order valence-electron chi connectivity index (χ4n) is 3.52. The van der Waals surface area contributed by atoms with Gasteiger partial charge in [-0.25, -0.2) is 22.6 Å². The molecule has 1 aromatic carbocycles. The quantitative estimate of drug-likeness (QED) is 0.576. The largest absolute Gasteiger partial charge is 0.462 e. The number of carbonyl (C=O) groups is 2. The number of pyridine rings is 1. The Morgan fingerprint density at radius 3 is 2.58 bits per heavy atom. The number of hydrogen-bond acceptors (Lipinski definition) is 8. The van der Waals surface area contributed by atoms with Crippen molar-refractivity contribution in [3.8, 4) is 6.07 Å². The molecule has 0 radical (unpaired) electrons. The minimum atomic E-state index is -3.91. The molecule has 9 nitrogen and oxygen atoms in total. The molecule has 1 N–H and O–H groups in total. The number of amides is 1. The highest BCUT2D eigenvalue weighted by Crippen LogP contribution is 2.29. The molecule has 2 heterocycles. The molecule has 0 saturated carbocycles. The fourth-order valence-corrected chi connectivity index (χ4v) is 4.65. The number of benzene rings is 1. The van der Waals surface area contributed by atoms with Gasteiger partial charge in [-0.1, -0.05) is 12.1 Å². The number of esters is 1. The smallest absolute Gasteiger partial charge is 0.340 e. The first kappa shape index (κ1) is 24.1. The Balaban J connectivity index is 1.57. The first-order valence-corrected chi connectivity index (χ1v) is 11.9. The van der Waals surface area contributed by atoms with Crippen LogP contribution in [0, 0.1) is 30.0 Å². The van der Waals surface area contributed by atoms with Gasteiger partial charge in [0.1, 0.15) is 17.7 Å². The van der Waals surface area contributed by atoms with Gasteiger partial charge < -0.3 is 9.64 Å². The van der Waals surface area contributed by atoms with Crippen LogP contribution in [0.25, 0.3) is 0 Å². The van der Waals surface area contributed by atoms with Crippen LogP contribution < -0.4 is 9.62 Å². The molecule has 0 bridgehead atoms. The summed E-state index contributed by atoms with van der Waals surface area (Å²) in [6, 6.07) is 8.47. The summed E-state index contributed by atoms with van der Waals surface area (Å²) in [5.74, 6) is -1.81. The van der Waals surface area contributed by atoms with Crippen molar-refractivity contribution in [1.82, 2.24) is 9.71 Å².